The number of amides is 2. The molecule has 2 amide bonds. The van der Waals surface area contributed by atoms with Gasteiger partial charge in [-0.3, -0.25) is 19.5 Å². The Kier molecular flexibility index (Phi) is 11.7. The van der Waals surface area contributed by atoms with Gasteiger partial charge >= 0.3 is 0 Å². The van der Waals surface area contributed by atoms with Crippen molar-refractivity contribution in [2.45, 2.75) is 26.8 Å². The van der Waals surface area contributed by atoms with Crippen molar-refractivity contribution < 1.29 is 9.59 Å². The van der Waals surface area contributed by atoms with Crippen LogP contribution in [0.5, 0.6) is 0 Å². The van der Waals surface area contributed by atoms with Gasteiger partial charge in [0.05, 0.1) is 41.1 Å². The Morgan fingerprint density at radius 1 is 1.19 bits per heavy atom. The highest BCUT2D eigenvalue weighted by Crippen LogP contribution is 2.20. The molecular formula is C34H37N7O2. The molecule has 0 fully saturated rings. The van der Waals surface area contributed by atoms with E-state index in [2.05, 4.69) is 62.9 Å². The predicted octanol–water partition coefficient (Wildman–Crippen LogP) is 4.52. The smallest absolute Gasteiger partial charge is 0.263 e. The lowest BCUT2D eigenvalue weighted by Gasteiger charge is -2.26. The van der Waals surface area contributed by atoms with Crippen LogP contribution in [0.4, 0.5) is 11.4 Å². The summed E-state index contributed by atoms with van der Waals surface area (Å²) in [5.74, 6) is 4.99. The van der Waals surface area contributed by atoms with Crippen molar-refractivity contribution in [1.82, 2.24) is 24.8 Å². The first-order valence-corrected chi connectivity index (χ1v) is 13.6. The number of aryl methyl sites for hydroxylation is 1. The molecule has 0 saturated carbocycles. The number of anilines is 2. The van der Waals surface area contributed by atoms with Crippen LogP contribution in [0.3, 0.4) is 0 Å². The van der Waals surface area contributed by atoms with Gasteiger partial charge in [-0.15, -0.1) is 5.73 Å². The first kappa shape index (κ1) is 32.2. The second-order valence-corrected chi connectivity index (χ2v) is 10.1. The van der Waals surface area contributed by atoms with E-state index in [1.54, 1.807) is 31.3 Å². The van der Waals surface area contributed by atoms with Gasteiger partial charge in [0, 0.05) is 39.6 Å². The SMILES string of the molecule is C=C=C(C)/C=C(\C=C/C#CC(=C)C(=O)Nc1cc(NC(=O)CN2CCc3cncnc3C2)cnc1C)C(/C=C)=C/N(C)C. The van der Waals surface area contributed by atoms with E-state index < -0.39 is 5.91 Å². The van der Waals surface area contributed by atoms with Crippen molar-refractivity contribution in [3.8, 4) is 11.8 Å². The van der Waals surface area contributed by atoms with Crippen molar-refractivity contribution in [1.29, 1.82) is 0 Å². The fourth-order valence-electron chi connectivity index (χ4n) is 4.12. The quantitative estimate of drug-likeness (QED) is 0.186. The molecule has 0 bridgehead atoms. The molecule has 2 aromatic heterocycles. The molecule has 3 rings (SSSR count). The summed E-state index contributed by atoms with van der Waals surface area (Å²) in [5.41, 5.74) is 9.10. The Labute approximate surface area is 253 Å². The molecule has 0 spiro atoms. The number of rotatable bonds is 10. The number of fused-ring (bicyclic) bond motifs is 1. The maximum atomic E-state index is 12.8. The third-order valence-corrected chi connectivity index (χ3v) is 6.38. The maximum absolute atomic E-state index is 12.8. The number of pyridine rings is 1. The van der Waals surface area contributed by atoms with Crippen molar-refractivity contribution >= 4 is 23.2 Å². The van der Waals surface area contributed by atoms with Gasteiger partial charge in [0.2, 0.25) is 5.91 Å². The summed E-state index contributed by atoms with van der Waals surface area (Å²) in [7, 11) is 3.85. The van der Waals surface area contributed by atoms with E-state index in [1.165, 1.54) is 6.33 Å². The van der Waals surface area contributed by atoms with Crippen molar-refractivity contribution in [2.24, 2.45) is 0 Å². The molecule has 9 nitrogen and oxygen atoms in total. The maximum Gasteiger partial charge on any atom is 0.263 e. The highest BCUT2D eigenvalue weighted by atomic mass is 16.2. The number of nitrogens with one attached hydrogen (secondary N) is 2. The lowest BCUT2D eigenvalue weighted by atomic mass is 10.0. The van der Waals surface area contributed by atoms with E-state index in [9.17, 15) is 9.59 Å². The van der Waals surface area contributed by atoms with Gasteiger partial charge in [0.15, 0.2) is 0 Å². The van der Waals surface area contributed by atoms with E-state index >= 15 is 0 Å². The van der Waals surface area contributed by atoms with Crippen molar-refractivity contribution in [2.75, 3.05) is 37.8 Å². The van der Waals surface area contributed by atoms with Gasteiger partial charge in [-0.2, -0.15) is 0 Å². The van der Waals surface area contributed by atoms with Crippen LogP contribution in [0, 0.1) is 18.8 Å². The summed E-state index contributed by atoms with van der Waals surface area (Å²) in [6.07, 6.45) is 14.8. The van der Waals surface area contributed by atoms with Gasteiger partial charge in [-0.05, 0) is 66.8 Å². The molecule has 2 N–H and O–H groups in total. The fraction of sp³-hybridized carbons (Fsp3) is 0.235. The first-order valence-electron chi connectivity index (χ1n) is 13.6. The Balaban J connectivity index is 1.62. The minimum absolute atomic E-state index is 0.0770. The zero-order chi connectivity index (χ0) is 31.4. The molecule has 9 heteroatoms. The summed E-state index contributed by atoms with van der Waals surface area (Å²) in [6, 6.07) is 1.66. The fourth-order valence-corrected chi connectivity index (χ4v) is 4.12. The number of hydrogen-bond acceptors (Lipinski definition) is 7. The minimum atomic E-state index is -0.469. The third kappa shape index (κ3) is 9.94. The first-order chi connectivity index (χ1) is 20.6. The molecule has 0 saturated heterocycles. The average Bonchev–Trinajstić information content (AvgIpc) is 2.98. The topological polar surface area (TPSA) is 103 Å². The molecule has 1 aliphatic heterocycles. The molecule has 1 aliphatic rings. The predicted molar refractivity (Wildman–Crippen MR) is 172 cm³/mol. The third-order valence-electron chi connectivity index (χ3n) is 6.38. The Hall–Kier alpha value is -5.29. The van der Waals surface area contributed by atoms with Crippen molar-refractivity contribution in [3.05, 3.63) is 120 Å². The van der Waals surface area contributed by atoms with Crippen LogP contribution < -0.4 is 10.6 Å². The second-order valence-electron chi connectivity index (χ2n) is 10.1. The molecular weight excluding hydrogens is 538 g/mol. The Morgan fingerprint density at radius 2 is 1.98 bits per heavy atom. The molecule has 2 aromatic rings. The number of nitrogens with zero attached hydrogens (tertiary/aromatic N) is 5. The highest BCUT2D eigenvalue weighted by molar-refractivity contribution is 6.07. The lowest BCUT2D eigenvalue weighted by Crippen LogP contribution is -2.37. The summed E-state index contributed by atoms with van der Waals surface area (Å²) in [6.45, 7) is 16.6. The Bertz CT molecular complexity index is 1610. The summed E-state index contributed by atoms with van der Waals surface area (Å²) >= 11 is 0. The van der Waals surface area contributed by atoms with E-state index in [0.717, 1.165) is 40.9 Å². The monoisotopic (exact) mass is 575 g/mol. The van der Waals surface area contributed by atoms with Crippen molar-refractivity contribution in [3.63, 3.8) is 0 Å². The Morgan fingerprint density at radius 3 is 2.70 bits per heavy atom. The standard InChI is InChI=1S/C34H37N7O2/c1-8-24(3)16-28(27(9-2)20-40(6)7)13-11-10-12-25(4)34(43)39-31-17-30(19-36-26(31)5)38-33(42)22-41-15-14-29-18-35-23-37-32(29)21-41/h9,11,13,16-20,23H,1-2,4,14-15,21-22H2,3,5-7H3,(H,38,42)(H,39,43)/b13-11-,27-20+,28-16+. The van der Waals surface area contributed by atoms with E-state index in [-0.39, 0.29) is 18.0 Å². The summed E-state index contributed by atoms with van der Waals surface area (Å²) < 4.78 is 0. The van der Waals surface area contributed by atoms with Crippen LogP contribution in [0.15, 0.2) is 103 Å². The minimum Gasteiger partial charge on any atom is -0.383 e. The molecule has 220 valence electrons. The van der Waals surface area contributed by atoms with Gasteiger partial charge < -0.3 is 15.5 Å². The van der Waals surface area contributed by atoms with E-state index in [1.807, 2.05) is 55.4 Å². The number of carbonyl (C=O) groups is 2. The van der Waals surface area contributed by atoms with Crippen LogP contribution in [0.1, 0.15) is 23.9 Å². The second kappa shape index (κ2) is 15.6. The van der Waals surface area contributed by atoms with Crippen LogP contribution in [0.2, 0.25) is 0 Å². The number of allylic oxidation sites excluding steroid dienone is 7. The number of aromatic nitrogens is 3. The normalized spacial score (nSPS) is 13.2. The van der Waals surface area contributed by atoms with Gasteiger partial charge in [-0.25, -0.2) is 9.97 Å². The zero-order valence-electron chi connectivity index (χ0n) is 25.2. The summed E-state index contributed by atoms with van der Waals surface area (Å²) in [4.78, 5) is 42.2. The van der Waals surface area contributed by atoms with Gasteiger partial charge in [0.25, 0.3) is 5.91 Å². The zero-order valence-corrected chi connectivity index (χ0v) is 25.2. The van der Waals surface area contributed by atoms with Gasteiger partial charge in [-0.1, -0.05) is 37.7 Å². The number of carbonyl (C=O) groups excluding carboxylic acids is 2. The molecule has 0 unspecified atom stereocenters. The van der Waals surface area contributed by atoms with Crippen LogP contribution in [-0.4, -0.2) is 63.8 Å². The average molecular weight is 576 g/mol. The van der Waals surface area contributed by atoms with E-state index in [4.69, 9.17) is 0 Å². The molecule has 3 heterocycles. The molecule has 43 heavy (non-hydrogen) atoms. The van der Waals surface area contributed by atoms with E-state index in [0.29, 0.717) is 23.6 Å². The molecule has 0 aromatic carbocycles. The van der Waals surface area contributed by atoms with Crippen LogP contribution in [0.25, 0.3) is 0 Å². The lowest BCUT2D eigenvalue weighted by molar-refractivity contribution is -0.117. The van der Waals surface area contributed by atoms with Crippen LogP contribution in [-0.2, 0) is 22.6 Å². The number of hydrogen-bond donors (Lipinski definition) is 2. The molecule has 0 radical (unpaired) electrons. The summed E-state index contributed by atoms with van der Waals surface area (Å²) in [5, 5.41) is 5.65. The highest BCUT2D eigenvalue weighted by Gasteiger charge is 2.20. The largest absolute Gasteiger partial charge is 0.383 e. The molecule has 0 atom stereocenters. The molecule has 0 aliphatic carbocycles. The van der Waals surface area contributed by atoms with Crippen LogP contribution >= 0.6 is 0 Å². The van der Waals surface area contributed by atoms with Gasteiger partial charge in [0.1, 0.15) is 6.33 Å².